The van der Waals surface area contributed by atoms with Gasteiger partial charge >= 0.3 is 6.18 Å². The van der Waals surface area contributed by atoms with Crippen molar-refractivity contribution in [2.45, 2.75) is 13.1 Å². The molecule has 0 fully saturated rings. The Balaban J connectivity index is 2.51. The van der Waals surface area contributed by atoms with Gasteiger partial charge in [-0.3, -0.25) is 0 Å². The molecule has 1 atom stereocenters. The summed E-state index contributed by atoms with van der Waals surface area (Å²) in [6.45, 7) is 3.46. The number of rotatable bonds is 5. The molecule has 0 aliphatic rings. The molecule has 0 saturated carbocycles. The van der Waals surface area contributed by atoms with Gasteiger partial charge in [0.15, 0.2) is 5.69 Å². The van der Waals surface area contributed by atoms with Gasteiger partial charge in [0, 0.05) is 6.54 Å². The highest BCUT2D eigenvalue weighted by atomic mass is 19.4. The molecule has 0 aliphatic heterocycles. The quantitative estimate of drug-likeness (QED) is 0.833. The molecule has 96 valence electrons. The summed E-state index contributed by atoms with van der Waals surface area (Å²) in [5.41, 5.74) is -0.980. The highest BCUT2D eigenvalue weighted by Crippen LogP contribution is 2.26. The molecule has 0 aromatic carbocycles. The zero-order chi connectivity index (χ0) is 12.9. The third-order valence-electron chi connectivity index (χ3n) is 2.14. The average molecular weight is 248 g/mol. The van der Waals surface area contributed by atoms with Gasteiger partial charge in [0.25, 0.3) is 0 Å². The lowest BCUT2D eigenvalue weighted by molar-refractivity contribution is -0.141. The van der Waals surface area contributed by atoms with E-state index in [2.05, 4.69) is 20.8 Å². The van der Waals surface area contributed by atoms with E-state index in [0.717, 1.165) is 12.6 Å². The smallest absolute Gasteiger partial charge is 0.368 e. The summed E-state index contributed by atoms with van der Waals surface area (Å²) in [6.07, 6.45) is -4.44. The van der Waals surface area contributed by atoms with Crippen LogP contribution in [0.1, 0.15) is 12.6 Å². The van der Waals surface area contributed by atoms with Crippen molar-refractivity contribution in [3.05, 3.63) is 17.8 Å². The zero-order valence-corrected chi connectivity index (χ0v) is 9.67. The number of alkyl halides is 3. The summed E-state index contributed by atoms with van der Waals surface area (Å²) < 4.78 is 36.6. The Labute approximate surface area is 97.6 Å². The van der Waals surface area contributed by atoms with Crippen LogP contribution in [0.3, 0.4) is 0 Å². The van der Waals surface area contributed by atoms with E-state index in [-0.39, 0.29) is 0 Å². The van der Waals surface area contributed by atoms with Gasteiger partial charge < -0.3 is 10.6 Å². The van der Waals surface area contributed by atoms with Crippen LogP contribution in [0.2, 0.25) is 0 Å². The van der Waals surface area contributed by atoms with Crippen molar-refractivity contribution in [2.75, 3.05) is 25.5 Å². The third kappa shape index (κ3) is 4.56. The maximum Gasteiger partial charge on any atom is 0.435 e. The Kier molecular flexibility index (Phi) is 4.68. The molecular weight excluding hydrogens is 233 g/mol. The van der Waals surface area contributed by atoms with Gasteiger partial charge in [-0.15, -0.1) is 10.2 Å². The molecule has 7 heteroatoms. The third-order valence-corrected chi connectivity index (χ3v) is 2.14. The van der Waals surface area contributed by atoms with Gasteiger partial charge in [-0.25, -0.2) is 0 Å². The van der Waals surface area contributed by atoms with Crippen molar-refractivity contribution >= 4 is 5.82 Å². The predicted molar refractivity (Wildman–Crippen MR) is 58.6 cm³/mol. The summed E-state index contributed by atoms with van der Waals surface area (Å²) in [4.78, 5) is 0. The highest BCUT2D eigenvalue weighted by molar-refractivity contribution is 5.33. The normalized spacial score (nSPS) is 13.5. The van der Waals surface area contributed by atoms with Gasteiger partial charge in [0.2, 0.25) is 0 Å². The number of hydrogen-bond acceptors (Lipinski definition) is 4. The molecule has 0 radical (unpaired) electrons. The number of aromatic nitrogens is 2. The number of anilines is 1. The molecule has 1 unspecified atom stereocenters. The molecule has 17 heavy (non-hydrogen) atoms. The van der Waals surface area contributed by atoms with Gasteiger partial charge in [0.1, 0.15) is 5.82 Å². The highest BCUT2D eigenvalue weighted by Gasteiger charge is 2.32. The Morgan fingerprint density at radius 2 is 1.94 bits per heavy atom. The van der Waals surface area contributed by atoms with Crippen molar-refractivity contribution in [3.8, 4) is 0 Å². The van der Waals surface area contributed by atoms with Crippen LogP contribution in [-0.2, 0) is 6.18 Å². The molecule has 0 amide bonds. The summed E-state index contributed by atoms with van der Waals surface area (Å²) in [5, 5.41) is 12.5. The fourth-order valence-electron chi connectivity index (χ4n) is 1.28. The van der Waals surface area contributed by atoms with Gasteiger partial charge in [-0.05, 0) is 31.6 Å². The molecular formula is C10H15F3N4. The Hall–Kier alpha value is -1.37. The SMILES string of the molecule is CNCC(C)CNc1ccc(C(F)(F)F)nn1. The van der Waals surface area contributed by atoms with E-state index in [0.29, 0.717) is 18.3 Å². The van der Waals surface area contributed by atoms with Gasteiger partial charge in [-0.2, -0.15) is 13.2 Å². The first-order chi connectivity index (χ1) is 7.93. The lowest BCUT2D eigenvalue weighted by atomic mass is 10.2. The van der Waals surface area contributed by atoms with E-state index in [1.807, 2.05) is 14.0 Å². The molecule has 1 aromatic heterocycles. The van der Waals surface area contributed by atoms with Crippen molar-refractivity contribution in [1.29, 1.82) is 0 Å². The Bertz CT molecular complexity index is 336. The number of nitrogens with zero attached hydrogens (tertiary/aromatic N) is 2. The summed E-state index contributed by atoms with van der Waals surface area (Å²) in [7, 11) is 1.84. The summed E-state index contributed by atoms with van der Waals surface area (Å²) in [6, 6.07) is 2.19. The second kappa shape index (κ2) is 5.81. The second-order valence-corrected chi connectivity index (χ2v) is 3.85. The largest absolute Gasteiger partial charge is 0.435 e. The molecule has 0 bridgehead atoms. The maximum absolute atomic E-state index is 12.2. The topological polar surface area (TPSA) is 49.8 Å². The van der Waals surface area contributed by atoms with Crippen LogP contribution >= 0.6 is 0 Å². The molecule has 2 N–H and O–H groups in total. The van der Waals surface area contributed by atoms with Crippen LogP contribution in [0.15, 0.2) is 12.1 Å². The van der Waals surface area contributed by atoms with E-state index >= 15 is 0 Å². The van der Waals surface area contributed by atoms with Crippen molar-refractivity contribution in [1.82, 2.24) is 15.5 Å². The van der Waals surface area contributed by atoms with Crippen molar-refractivity contribution in [2.24, 2.45) is 5.92 Å². The standard InChI is InChI=1S/C10H15F3N4/c1-7(5-14-2)6-15-9-4-3-8(16-17-9)10(11,12)13/h3-4,7,14H,5-6H2,1-2H3,(H,15,17). The van der Waals surface area contributed by atoms with Crippen molar-refractivity contribution in [3.63, 3.8) is 0 Å². The minimum atomic E-state index is -4.44. The minimum Gasteiger partial charge on any atom is -0.368 e. The molecule has 1 aromatic rings. The van der Waals surface area contributed by atoms with Crippen molar-refractivity contribution < 1.29 is 13.2 Å². The van der Waals surface area contributed by atoms with Crippen LogP contribution < -0.4 is 10.6 Å². The number of hydrogen-bond donors (Lipinski definition) is 2. The Morgan fingerprint density at radius 1 is 1.24 bits per heavy atom. The molecule has 4 nitrogen and oxygen atoms in total. The molecule has 0 saturated heterocycles. The van der Waals surface area contributed by atoms with Crippen LogP contribution in [0.5, 0.6) is 0 Å². The predicted octanol–water partition coefficient (Wildman–Crippen LogP) is 1.76. The average Bonchev–Trinajstić information content (AvgIpc) is 2.26. The second-order valence-electron chi connectivity index (χ2n) is 3.85. The number of halogens is 3. The zero-order valence-electron chi connectivity index (χ0n) is 9.67. The lowest BCUT2D eigenvalue weighted by Gasteiger charge is -2.12. The van der Waals surface area contributed by atoms with Crippen LogP contribution in [0, 0.1) is 5.92 Å². The number of nitrogens with one attached hydrogen (secondary N) is 2. The van der Waals surface area contributed by atoms with Gasteiger partial charge in [0.05, 0.1) is 0 Å². The van der Waals surface area contributed by atoms with E-state index < -0.39 is 11.9 Å². The summed E-state index contributed by atoms with van der Waals surface area (Å²) >= 11 is 0. The van der Waals surface area contributed by atoms with E-state index in [1.54, 1.807) is 0 Å². The maximum atomic E-state index is 12.2. The van der Waals surface area contributed by atoms with Gasteiger partial charge in [-0.1, -0.05) is 6.92 Å². The Morgan fingerprint density at radius 3 is 2.41 bits per heavy atom. The first-order valence-electron chi connectivity index (χ1n) is 5.23. The first kappa shape index (κ1) is 13.7. The van der Waals surface area contributed by atoms with E-state index in [1.165, 1.54) is 6.07 Å². The molecule has 1 rings (SSSR count). The summed E-state index contributed by atoms with van der Waals surface area (Å²) in [5.74, 6) is 0.699. The minimum absolute atomic E-state index is 0.348. The fourth-order valence-corrected chi connectivity index (χ4v) is 1.28. The van der Waals surface area contributed by atoms with Crippen LogP contribution in [-0.4, -0.2) is 30.3 Å². The van der Waals surface area contributed by atoms with Crippen LogP contribution in [0.4, 0.5) is 19.0 Å². The molecule has 0 spiro atoms. The van der Waals surface area contributed by atoms with Crippen LogP contribution in [0.25, 0.3) is 0 Å². The van der Waals surface area contributed by atoms with E-state index in [9.17, 15) is 13.2 Å². The van der Waals surface area contributed by atoms with E-state index in [4.69, 9.17) is 0 Å². The lowest BCUT2D eigenvalue weighted by Crippen LogP contribution is -2.23. The first-order valence-corrected chi connectivity index (χ1v) is 5.23. The molecule has 0 aliphatic carbocycles. The monoisotopic (exact) mass is 248 g/mol. The molecule has 1 heterocycles. The fraction of sp³-hybridized carbons (Fsp3) is 0.600.